The molecule has 0 fully saturated rings. The van der Waals surface area contributed by atoms with Crippen LogP contribution < -0.4 is 0 Å². The lowest BCUT2D eigenvalue weighted by molar-refractivity contribution is 0.148. The van der Waals surface area contributed by atoms with Crippen molar-refractivity contribution in [1.29, 1.82) is 0 Å². The number of aliphatic hydroxyl groups excluding tert-OH is 1. The number of hydrogen-bond acceptors (Lipinski definition) is 2. The Morgan fingerprint density at radius 3 is 2.76 bits per heavy atom. The van der Waals surface area contributed by atoms with Gasteiger partial charge in [0.15, 0.2) is 0 Å². The van der Waals surface area contributed by atoms with Gasteiger partial charge >= 0.3 is 0 Å². The minimum atomic E-state index is -0.889. The van der Waals surface area contributed by atoms with Crippen LogP contribution in [0.4, 0.5) is 4.39 Å². The quantitative estimate of drug-likeness (QED) is 0.907. The Morgan fingerprint density at radius 1 is 1.41 bits per heavy atom. The van der Waals surface area contributed by atoms with Crippen molar-refractivity contribution in [3.05, 3.63) is 58.3 Å². The van der Waals surface area contributed by atoms with Crippen molar-refractivity contribution in [2.45, 2.75) is 19.4 Å². The number of hydrogen-bond donors (Lipinski definition) is 1. The molecule has 0 amide bonds. The number of aryl methyl sites for hydroxylation is 1. The maximum Gasteiger partial charge on any atom is 0.135 e. The number of furan rings is 1. The van der Waals surface area contributed by atoms with Crippen LogP contribution >= 0.6 is 11.6 Å². The largest absolute Gasteiger partial charge is 0.466 e. The van der Waals surface area contributed by atoms with Gasteiger partial charge in [-0.05, 0) is 30.7 Å². The summed E-state index contributed by atoms with van der Waals surface area (Å²) in [5.74, 6) is 0.0325. The molecule has 1 aromatic carbocycles. The van der Waals surface area contributed by atoms with Gasteiger partial charge in [-0.15, -0.1) is 0 Å². The average Bonchev–Trinajstić information content (AvgIpc) is 2.70. The number of aliphatic hydroxyl groups is 1. The molecule has 2 rings (SSSR count). The fraction of sp³-hybridized carbons (Fsp3) is 0.231. The summed E-state index contributed by atoms with van der Waals surface area (Å²) < 4.78 is 18.7. The van der Waals surface area contributed by atoms with Crippen molar-refractivity contribution >= 4 is 11.6 Å². The van der Waals surface area contributed by atoms with Gasteiger partial charge in [-0.2, -0.15) is 0 Å². The van der Waals surface area contributed by atoms with Gasteiger partial charge in [0.05, 0.1) is 6.26 Å². The van der Waals surface area contributed by atoms with Crippen LogP contribution in [0.1, 0.15) is 23.0 Å². The van der Waals surface area contributed by atoms with E-state index in [1.54, 1.807) is 12.1 Å². The second kappa shape index (κ2) is 4.90. The van der Waals surface area contributed by atoms with Gasteiger partial charge in [0.1, 0.15) is 17.7 Å². The highest BCUT2D eigenvalue weighted by molar-refractivity contribution is 6.31. The van der Waals surface area contributed by atoms with Gasteiger partial charge < -0.3 is 9.52 Å². The molecule has 1 aromatic heterocycles. The maximum absolute atomic E-state index is 13.5. The first-order chi connectivity index (χ1) is 8.09. The molecule has 17 heavy (non-hydrogen) atoms. The molecule has 0 saturated heterocycles. The summed E-state index contributed by atoms with van der Waals surface area (Å²) >= 11 is 5.89. The third-order valence-electron chi connectivity index (χ3n) is 2.66. The zero-order valence-corrected chi connectivity index (χ0v) is 10.0. The minimum Gasteiger partial charge on any atom is -0.466 e. The van der Waals surface area contributed by atoms with E-state index in [-0.39, 0.29) is 6.42 Å². The summed E-state index contributed by atoms with van der Waals surface area (Å²) in [6, 6.07) is 6.21. The Hall–Kier alpha value is -1.32. The van der Waals surface area contributed by atoms with E-state index in [1.807, 2.05) is 6.92 Å². The van der Waals surface area contributed by atoms with Gasteiger partial charge in [0.2, 0.25) is 0 Å². The van der Waals surface area contributed by atoms with Crippen molar-refractivity contribution in [1.82, 2.24) is 0 Å². The van der Waals surface area contributed by atoms with E-state index in [0.717, 1.165) is 5.56 Å². The summed E-state index contributed by atoms with van der Waals surface area (Å²) in [6.07, 6.45) is 0.705. The predicted octanol–water partition coefficient (Wildman–Crippen LogP) is 3.66. The minimum absolute atomic E-state index is 0.0971. The molecule has 0 saturated carbocycles. The van der Waals surface area contributed by atoms with Crippen LogP contribution in [0.2, 0.25) is 5.02 Å². The van der Waals surface area contributed by atoms with E-state index >= 15 is 0 Å². The average molecular weight is 255 g/mol. The van der Waals surface area contributed by atoms with Crippen molar-refractivity contribution < 1.29 is 13.9 Å². The molecule has 0 bridgehead atoms. The fourth-order valence-corrected chi connectivity index (χ4v) is 1.98. The lowest BCUT2D eigenvalue weighted by atomic mass is 10.0. The van der Waals surface area contributed by atoms with Crippen LogP contribution in [0.5, 0.6) is 0 Å². The van der Waals surface area contributed by atoms with Crippen LogP contribution in [0.15, 0.2) is 34.9 Å². The third-order valence-corrected chi connectivity index (χ3v) is 3.02. The SMILES string of the molecule is Cc1ccoc1C(O)Cc1c(F)cccc1Cl. The van der Waals surface area contributed by atoms with Gasteiger partial charge in [-0.25, -0.2) is 4.39 Å². The second-order valence-corrected chi connectivity index (χ2v) is 4.30. The van der Waals surface area contributed by atoms with Crippen LogP contribution in [-0.4, -0.2) is 5.11 Å². The van der Waals surface area contributed by atoms with Crippen LogP contribution in [0.3, 0.4) is 0 Å². The number of benzene rings is 1. The first kappa shape index (κ1) is 12.1. The van der Waals surface area contributed by atoms with E-state index < -0.39 is 11.9 Å². The first-order valence-electron chi connectivity index (χ1n) is 5.24. The van der Waals surface area contributed by atoms with E-state index in [1.165, 1.54) is 18.4 Å². The topological polar surface area (TPSA) is 33.4 Å². The van der Waals surface area contributed by atoms with Crippen molar-refractivity contribution in [3.63, 3.8) is 0 Å². The molecule has 0 spiro atoms. The Morgan fingerprint density at radius 2 is 2.18 bits per heavy atom. The zero-order chi connectivity index (χ0) is 12.4. The summed E-state index contributed by atoms with van der Waals surface area (Å²) in [5.41, 5.74) is 1.14. The Bertz CT molecular complexity index is 502. The summed E-state index contributed by atoms with van der Waals surface area (Å²) in [5, 5.41) is 10.3. The normalized spacial score (nSPS) is 12.7. The van der Waals surface area contributed by atoms with Crippen LogP contribution in [-0.2, 0) is 6.42 Å². The molecule has 1 heterocycles. The van der Waals surface area contributed by atoms with Gasteiger partial charge in [0, 0.05) is 17.0 Å². The molecule has 2 aromatic rings. The molecule has 0 aliphatic carbocycles. The Balaban J connectivity index is 2.25. The molecule has 0 aliphatic heterocycles. The molecule has 90 valence electrons. The Kier molecular flexibility index (Phi) is 3.50. The van der Waals surface area contributed by atoms with E-state index in [4.69, 9.17) is 16.0 Å². The number of halogens is 2. The van der Waals surface area contributed by atoms with Crippen molar-refractivity contribution in [3.8, 4) is 0 Å². The lowest BCUT2D eigenvalue weighted by Gasteiger charge is -2.11. The molecule has 1 unspecified atom stereocenters. The van der Waals surface area contributed by atoms with Gasteiger partial charge in [0.25, 0.3) is 0 Å². The standard InChI is InChI=1S/C13H12ClFO2/c1-8-5-6-17-13(8)12(16)7-9-10(14)3-2-4-11(9)15/h2-6,12,16H,7H2,1H3. The lowest BCUT2D eigenvalue weighted by Crippen LogP contribution is -2.04. The smallest absolute Gasteiger partial charge is 0.135 e. The predicted molar refractivity (Wildman–Crippen MR) is 63.5 cm³/mol. The van der Waals surface area contributed by atoms with Gasteiger partial charge in [-0.3, -0.25) is 0 Å². The highest BCUT2D eigenvalue weighted by atomic mass is 35.5. The number of rotatable bonds is 3. The van der Waals surface area contributed by atoms with Crippen molar-refractivity contribution in [2.75, 3.05) is 0 Å². The second-order valence-electron chi connectivity index (χ2n) is 3.89. The molecular formula is C13H12ClFO2. The van der Waals surface area contributed by atoms with E-state index in [2.05, 4.69) is 0 Å². The highest BCUT2D eigenvalue weighted by Gasteiger charge is 2.18. The monoisotopic (exact) mass is 254 g/mol. The molecule has 4 heteroatoms. The summed E-state index contributed by atoms with van der Waals surface area (Å²) in [7, 11) is 0. The highest BCUT2D eigenvalue weighted by Crippen LogP contribution is 2.27. The molecular weight excluding hydrogens is 243 g/mol. The van der Waals surface area contributed by atoms with Gasteiger partial charge in [-0.1, -0.05) is 17.7 Å². The molecule has 1 N–H and O–H groups in total. The maximum atomic E-state index is 13.5. The van der Waals surface area contributed by atoms with Crippen LogP contribution in [0, 0.1) is 12.7 Å². The molecule has 0 radical (unpaired) electrons. The van der Waals surface area contributed by atoms with E-state index in [9.17, 15) is 9.50 Å². The first-order valence-corrected chi connectivity index (χ1v) is 5.62. The van der Waals surface area contributed by atoms with Crippen LogP contribution in [0.25, 0.3) is 0 Å². The molecule has 1 atom stereocenters. The zero-order valence-electron chi connectivity index (χ0n) is 9.28. The van der Waals surface area contributed by atoms with Crippen molar-refractivity contribution in [2.24, 2.45) is 0 Å². The summed E-state index contributed by atoms with van der Waals surface area (Å²) in [6.45, 7) is 1.82. The fourth-order valence-electron chi connectivity index (χ4n) is 1.74. The molecule has 2 nitrogen and oxygen atoms in total. The summed E-state index contributed by atoms with van der Waals surface area (Å²) in [4.78, 5) is 0. The third kappa shape index (κ3) is 2.51. The molecule has 0 aliphatic rings. The Labute approximate surface area is 104 Å². The van der Waals surface area contributed by atoms with E-state index in [0.29, 0.717) is 16.3 Å².